The highest BCUT2D eigenvalue weighted by molar-refractivity contribution is 14.0. The molecule has 2 aliphatic heterocycles. The van der Waals surface area contributed by atoms with E-state index in [2.05, 4.69) is 74.3 Å². The van der Waals surface area contributed by atoms with Gasteiger partial charge in [0.25, 0.3) is 0 Å². The molecule has 7 heteroatoms. The van der Waals surface area contributed by atoms with E-state index in [0.717, 1.165) is 45.1 Å². The predicted molar refractivity (Wildman–Crippen MR) is 143 cm³/mol. The average Bonchev–Trinajstić information content (AvgIpc) is 3.30. The molecular formula is C24H36IN5S. The Balaban J connectivity index is 0.00000272. The first-order chi connectivity index (χ1) is 14.7. The summed E-state index contributed by atoms with van der Waals surface area (Å²) in [6, 6.07) is 13.8. The van der Waals surface area contributed by atoms with E-state index in [0.29, 0.717) is 12.0 Å². The van der Waals surface area contributed by atoms with Crippen molar-refractivity contribution < 1.29 is 0 Å². The van der Waals surface area contributed by atoms with Crippen LogP contribution in [0.15, 0.2) is 46.8 Å². The van der Waals surface area contributed by atoms with Gasteiger partial charge in [0.2, 0.25) is 0 Å². The van der Waals surface area contributed by atoms with Crippen LogP contribution >= 0.6 is 35.3 Å². The molecule has 2 N–H and O–H groups in total. The molecule has 170 valence electrons. The molecular weight excluding hydrogens is 517 g/mol. The van der Waals surface area contributed by atoms with Gasteiger partial charge in [0.15, 0.2) is 5.96 Å². The Hall–Kier alpha value is -1.16. The highest BCUT2D eigenvalue weighted by Gasteiger charge is 2.31. The first-order valence-electron chi connectivity index (χ1n) is 11.2. The molecule has 1 aromatic carbocycles. The topological polar surface area (TPSA) is 42.9 Å². The normalized spacial score (nSPS) is 22.5. The minimum Gasteiger partial charge on any atom is -0.356 e. The van der Waals surface area contributed by atoms with Crippen molar-refractivity contribution in [1.29, 1.82) is 0 Å². The molecule has 0 aliphatic carbocycles. The van der Waals surface area contributed by atoms with Crippen molar-refractivity contribution in [2.75, 3.05) is 46.8 Å². The molecule has 1 saturated heterocycles. The van der Waals surface area contributed by atoms with Gasteiger partial charge in [-0.15, -0.1) is 35.3 Å². The van der Waals surface area contributed by atoms with Crippen molar-refractivity contribution in [2.24, 2.45) is 10.9 Å². The van der Waals surface area contributed by atoms with Crippen LogP contribution in [0.4, 0.5) is 0 Å². The van der Waals surface area contributed by atoms with Gasteiger partial charge in [0, 0.05) is 50.7 Å². The zero-order chi connectivity index (χ0) is 20.8. The molecule has 0 bridgehead atoms. The minimum atomic E-state index is 0. The lowest BCUT2D eigenvalue weighted by atomic mass is 9.88. The van der Waals surface area contributed by atoms with Crippen molar-refractivity contribution in [3.8, 4) is 0 Å². The van der Waals surface area contributed by atoms with Crippen LogP contribution in [-0.4, -0.2) is 62.6 Å². The van der Waals surface area contributed by atoms with E-state index < -0.39 is 0 Å². The molecule has 2 atom stereocenters. The molecule has 0 saturated carbocycles. The summed E-state index contributed by atoms with van der Waals surface area (Å²) in [4.78, 5) is 11.0. The first-order valence-corrected chi connectivity index (χ1v) is 12.1. The highest BCUT2D eigenvalue weighted by atomic mass is 127. The van der Waals surface area contributed by atoms with E-state index in [9.17, 15) is 0 Å². The van der Waals surface area contributed by atoms with E-state index >= 15 is 0 Å². The summed E-state index contributed by atoms with van der Waals surface area (Å²) in [5.41, 5.74) is 2.99. The van der Waals surface area contributed by atoms with Gasteiger partial charge >= 0.3 is 0 Å². The summed E-state index contributed by atoms with van der Waals surface area (Å²) in [5, 5.41) is 9.33. The third-order valence-electron chi connectivity index (χ3n) is 6.53. The SMILES string of the molecule is CN=C(NCCN1CCc2ccccc2C1)NCC1CCCN(C)C1c1cccs1.I. The molecule has 2 aliphatic rings. The van der Waals surface area contributed by atoms with Crippen molar-refractivity contribution in [3.63, 3.8) is 0 Å². The van der Waals surface area contributed by atoms with E-state index in [1.807, 2.05) is 18.4 Å². The van der Waals surface area contributed by atoms with Crippen LogP contribution in [0.2, 0.25) is 0 Å². The number of likely N-dealkylation sites (tertiary alicyclic amines) is 1. The predicted octanol–water partition coefficient (Wildman–Crippen LogP) is 3.97. The number of thiophene rings is 1. The Kier molecular flexibility index (Phi) is 9.62. The third-order valence-corrected chi connectivity index (χ3v) is 7.47. The standard InChI is InChI=1S/C24H35N5S.HI/c1-25-24(26-12-15-29-14-11-19-7-3-4-8-21(19)18-29)27-17-20-9-5-13-28(2)23(20)22-10-6-16-30-22;/h3-4,6-8,10,16,20,23H,5,9,11-15,17-18H2,1-2H3,(H2,25,26,27);1H. The highest BCUT2D eigenvalue weighted by Crippen LogP contribution is 2.36. The van der Waals surface area contributed by atoms with Crippen LogP contribution in [0.3, 0.4) is 0 Å². The Morgan fingerprint density at radius 1 is 1.13 bits per heavy atom. The van der Waals surface area contributed by atoms with Gasteiger partial charge in [0.1, 0.15) is 0 Å². The van der Waals surface area contributed by atoms with Crippen LogP contribution in [0.5, 0.6) is 0 Å². The van der Waals surface area contributed by atoms with E-state index in [1.54, 1.807) is 0 Å². The van der Waals surface area contributed by atoms with Gasteiger partial charge in [0.05, 0.1) is 0 Å². The van der Waals surface area contributed by atoms with Gasteiger partial charge in [-0.2, -0.15) is 0 Å². The first kappa shape index (κ1) is 24.5. The van der Waals surface area contributed by atoms with E-state index in [4.69, 9.17) is 0 Å². The number of aliphatic imine (C=N–C) groups is 1. The summed E-state index contributed by atoms with van der Waals surface area (Å²) >= 11 is 1.88. The molecule has 0 amide bonds. The van der Waals surface area contributed by atoms with E-state index in [-0.39, 0.29) is 24.0 Å². The second kappa shape index (κ2) is 12.2. The van der Waals surface area contributed by atoms with Crippen molar-refractivity contribution in [2.45, 2.75) is 31.8 Å². The Labute approximate surface area is 208 Å². The molecule has 31 heavy (non-hydrogen) atoms. The van der Waals surface area contributed by atoms with Crippen LogP contribution in [0.25, 0.3) is 0 Å². The number of halogens is 1. The molecule has 0 radical (unpaired) electrons. The summed E-state index contributed by atoms with van der Waals surface area (Å²) < 4.78 is 0. The maximum Gasteiger partial charge on any atom is 0.191 e. The lowest BCUT2D eigenvalue weighted by molar-refractivity contribution is 0.125. The number of hydrogen-bond acceptors (Lipinski definition) is 4. The number of benzene rings is 1. The van der Waals surface area contributed by atoms with Gasteiger partial charge in [-0.05, 0) is 61.3 Å². The lowest BCUT2D eigenvalue weighted by Gasteiger charge is -2.39. The number of nitrogens with zero attached hydrogens (tertiary/aromatic N) is 3. The molecule has 2 aromatic rings. The summed E-state index contributed by atoms with van der Waals surface area (Å²) in [5.74, 6) is 1.53. The summed E-state index contributed by atoms with van der Waals surface area (Å²) in [6.07, 6.45) is 3.69. The fourth-order valence-corrected chi connectivity index (χ4v) is 5.89. The number of nitrogens with one attached hydrogen (secondary N) is 2. The average molecular weight is 554 g/mol. The largest absolute Gasteiger partial charge is 0.356 e. The molecule has 2 unspecified atom stereocenters. The second-order valence-corrected chi connectivity index (χ2v) is 9.50. The number of rotatable bonds is 6. The molecule has 5 nitrogen and oxygen atoms in total. The smallest absolute Gasteiger partial charge is 0.191 e. The maximum absolute atomic E-state index is 4.46. The maximum atomic E-state index is 4.46. The Bertz CT molecular complexity index is 825. The number of fused-ring (bicyclic) bond motifs is 1. The fourth-order valence-electron chi connectivity index (χ4n) is 4.91. The quantitative estimate of drug-likeness (QED) is 0.323. The van der Waals surface area contributed by atoms with Gasteiger partial charge in [-0.3, -0.25) is 14.8 Å². The fraction of sp³-hybridized carbons (Fsp3) is 0.542. The van der Waals surface area contributed by atoms with Gasteiger partial charge in [-0.25, -0.2) is 0 Å². The van der Waals surface area contributed by atoms with Crippen LogP contribution in [-0.2, 0) is 13.0 Å². The minimum absolute atomic E-state index is 0. The van der Waals surface area contributed by atoms with Gasteiger partial charge < -0.3 is 10.6 Å². The van der Waals surface area contributed by atoms with Crippen molar-refractivity contribution in [1.82, 2.24) is 20.4 Å². The zero-order valence-corrected chi connectivity index (χ0v) is 21.9. The van der Waals surface area contributed by atoms with E-state index in [1.165, 1.54) is 35.4 Å². The van der Waals surface area contributed by atoms with Crippen molar-refractivity contribution in [3.05, 3.63) is 57.8 Å². The molecule has 4 rings (SSSR count). The summed E-state index contributed by atoms with van der Waals surface area (Å²) in [6.45, 7) is 6.30. The van der Waals surface area contributed by atoms with Gasteiger partial charge in [-0.1, -0.05) is 30.3 Å². The third kappa shape index (κ3) is 6.43. The molecule has 3 heterocycles. The molecule has 0 spiro atoms. The van der Waals surface area contributed by atoms with Crippen LogP contribution in [0.1, 0.15) is 34.9 Å². The number of hydrogen-bond donors (Lipinski definition) is 2. The van der Waals surface area contributed by atoms with Crippen molar-refractivity contribution >= 4 is 41.3 Å². The monoisotopic (exact) mass is 553 g/mol. The lowest BCUT2D eigenvalue weighted by Crippen LogP contribution is -2.46. The van der Waals surface area contributed by atoms with Crippen LogP contribution in [0, 0.1) is 5.92 Å². The number of guanidine groups is 1. The summed E-state index contributed by atoms with van der Waals surface area (Å²) in [7, 11) is 4.14. The molecule has 1 aromatic heterocycles. The Morgan fingerprint density at radius 3 is 2.74 bits per heavy atom. The molecule has 1 fully saturated rings. The second-order valence-electron chi connectivity index (χ2n) is 8.52. The van der Waals surface area contributed by atoms with Crippen LogP contribution < -0.4 is 10.6 Å². The Morgan fingerprint density at radius 2 is 1.97 bits per heavy atom. The number of piperidine rings is 1. The zero-order valence-electron chi connectivity index (χ0n) is 18.7.